The molecule has 0 bridgehead atoms. The third kappa shape index (κ3) is 8.54. The van der Waals surface area contributed by atoms with Crippen LogP contribution in [0.5, 0.6) is 0 Å². The molecule has 0 saturated carbocycles. The Morgan fingerprint density at radius 1 is 0.868 bits per heavy atom. The number of aryl methyl sites for hydroxylation is 1. The smallest absolute Gasteiger partial charge is 0.243 e. The van der Waals surface area contributed by atoms with Gasteiger partial charge in [-0.2, -0.15) is 0 Å². The molecular formula is C33H41FN2O2. The van der Waals surface area contributed by atoms with Crippen LogP contribution in [-0.2, 0) is 34.4 Å². The van der Waals surface area contributed by atoms with E-state index in [0.717, 1.165) is 23.1 Å². The molecule has 0 saturated heterocycles. The molecule has 3 aromatic carbocycles. The fraction of sp³-hybridized carbons (Fsp3) is 0.394. The Morgan fingerprint density at radius 3 is 2.05 bits per heavy atom. The highest BCUT2D eigenvalue weighted by atomic mass is 19.1. The third-order valence-electron chi connectivity index (χ3n) is 6.99. The van der Waals surface area contributed by atoms with Crippen LogP contribution in [0.15, 0.2) is 78.9 Å². The largest absolute Gasteiger partial charge is 0.352 e. The summed E-state index contributed by atoms with van der Waals surface area (Å²) in [4.78, 5) is 29.0. The number of hydrogen-bond donors (Lipinski definition) is 1. The van der Waals surface area contributed by atoms with Crippen LogP contribution in [-0.4, -0.2) is 28.8 Å². The van der Waals surface area contributed by atoms with Crippen molar-refractivity contribution in [2.24, 2.45) is 0 Å². The maximum atomic E-state index is 13.8. The van der Waals surface area contributed by atoms with Crippen LogP contribution < -0.4 is 5.32 Å². The van der Waals surface area contributed by atoms with Gasteiger partial charge in [0.1, 0.15) is 11.9 Å². The van der Waals surface area contributed by atoms with Gasteiger partial charge in [0, 0.05) is 25.4 Å². The zero-order valence-corrected chi connectivity index (χ0v) is 23.3. The normalized spacial score (nSPS) is 13.0. The number of nitrogens with one attached hydrogen (secondary N) is 1. The number of rotatable bonds is 11. The molecule has 202 valence electrons. The van der Waals surface area contributed by atoms with Crippen molar-refractivity contribution in [2.75, 3.05) is 0 Å². The number of carbonyl (C=O) groups excluding carboxylic acids is 2. The predicted octanol–water partition coefficient (Wildman–Crippen LogP) is 6.61. The van der Waals surface area contributed by atoms with Crippen molar-refractivity contribution < 1.29 is 14.0 Å². The lowest BCUT2D eigenvalue weighted by Crippen LogP contribution is -2.52. The molecule has 2 atom stereocenters. The lowest BCUT2D eigenvalue weighted by atomic mass is 9.86. The van der Waals surface area contributed by atoms with Gasteiger partial charge >= 0.3 is 0 Å². The van der Waals surface area contributed by atoms with Crippen molar-refractivity contribution in [1.82, 2.24) is 10.2 Å². The topological polar surface area (TPSA) is 49.4 Å². The van der Waals surface area contributed by atoms with E-state index in [-0.39, 0.29) is 42.1 Å². The Hall–Kier alpha value is -3.47. The molecule has 3 aromatic rings. The van der Waals surface area contributed by atoms with Crippen LogP contribution in [0.1, 0.15) is 69.7 Å². The van der Waals surface area contributed by atoms with Crippen LogP contribution in [0.2, 0.25) is 0 Å². The van der Waals surface area contributed by atoms with Gasteiger partial charge in [0.2, 0.25) is 11.8 Å². The summed E-state index contributed by atoms with van der Waals surface area (Å²) in [5, 5.41) is 3.08. The molecule has 1 N–H and O–H groups in total. The Bertz CT molecular complexity index is 1170. The van der Waals surface area contributed by atoms with E-state index in [4.69, 9.17) is 0 Å². The first-order chi connectivity index (χ1) is 18.1. The SMILES string of the molecule is CC[C@@H](C)NC(=O)[C@H](Cc1ccccc1)N(Cc1ccc(F)cc1)C(=O)CCc1ccc(C(C)(C)C)cc1. The standard InChI is InChI=1S/C33H41FN2O2/c1-6-24(2)35-32(38)30(22-26-10-8-7-9-11-26)36(23-27-14-19-29(34)20-15-27)31(37)21-16-25-12-17-28(18-13-25)33(3,4)5/h7-15,17-20,24,30H,6,16,21-23H2,1-5H3,(H,35,38)/t24-,30+/m1/s1. The Morgan fingerprint density at radius 2 is 1.47 bits per heavy atom. The molecule has 0 aliphatic carbocycles. The highest BCUT2D eigenvalue weighted by molar-refractivity contribution is 5.88. The summed E-state index contributed by atoms with van der Waals surface area (Å²) in [5.74, 6) is -0.608. The van der Waals surface area contributed by atoms with Crippen LogP contribution in [0.4, 0.5) is 4.39 Å². The minimum atomic E-state index is -0.688. The average molecular weight is 517 g/mol. The van der Waals surface area contributed by atoms with Crippen LogP contribution in [0, 0.1) is 5.82 Å². The van der Waals surface area contributed by atoms with E-state index < -0.39 is 6.04 Å². The molecule has 0 aliphatic rings. The van der Waals surface area contributed by atoms with Gasteiger partial charge in [-0.15, -0.1) is 0 Å². The molecule has 0 aliphatic heterocycles. The molecule has 0 aromatic heterocycles. The summed E-state index contributed by atoms with van der Waals surface area (Å²) in [6, 6.07) is 23.6. The van der Waals surface area contributed by atoms with Crippen molar-refractivity contribution in [1.29, 1.82) is 0 Å². The molecule has 38 heavy (non-hydrogen) atoms. The van der Waals surface area contributed by atoms with Gasteiger partial charge in [-0.25, -0.2) is 4.39 Å². The molecule has 4 nitrogen and oxygen atoms in total. The predicted molar refractivity (Wildman–Crippen MR) is 152 cm³/mol. The number of carbonyl (C=O) groups is 2. The van der Waals surface area contributed by atoms with Crippen molar-refractivity contribution in [2.45, 2.75) is 84.3 Å². The van der Waals surface area contributed by atoms with Crippen molar-refractivity contribution in [3.8, 4) is 0 Å². The van der Waals surface area contributed by atoms with Gasteiger partial charge < -0.3 is 10.2 Å². The quantitative estimate of drug-likeness (QED) is 0.312. The van der Waals surface area contributed by atoms with Crippen LogP contribution in [0.25, 0.3) is 0 Å². The van der Waals surface area contributed by atoms with Gasteiger partial charge in [0.25, 0.3) is 0 Å². The third-order valence-corrected chi connectivity index (χ3v) is 6.99. The van der Waals surface area contributed by atoms with E-state index in [1.807, 2.05) is 44.2 Å². The fourth-order valence-corrected chi connectivity index (χ4v) is 4.35. The highest BCUT2D eigenvalue weighted by Gasteiger charge is 2.30. The van der Waals surface area contributed by atoms with Gasteiger partial charge in [-0.1, -0.05) is 94.4 Å². The maximum absolute atomic E-state index is 13.8. The second kappa shape index (κ2) is 13.4. The first kappa shape index (κ1) is 29.1. The lowest BCUT2D eigenvalue weighted by Gasteiger charge is -2.32. The molecule has 0 unspecified atom stereocenters. The molecule has 0 fully saturated rings. The summed E-state index contributed by atoms with van der Waals surface area (Å²) in [6.45, 7) is 10.7. The number of benzene rings is 3. The number of halogens is 1. The molecule has 0 heterocycles. The molecule has 2 amide bonds. The molecule has 0 radical (unpaired) electrons. The molecule has 5 heteroatoms. The molecule has 3 rings (SSSR count). The summed E-state index contributed by atoms with van der Waals surface area (Å²) < 4.78 is 13.6. The lowest BCUT2D eigenvalue weighted by molar-refractivity contribution is -0.141. The van der Waals surface area contributed by atoms with E-state index >= 15 is 0 Å². The molecule has 0 spiro atoms. The number of hydrogen-bond acceptors (Lipinski definition) is 2. The van der Waals surface area contributed by atoms with E-state index in [9.17, 15) is 14.0 Å². The van der Waals surface area contributed by atoms with Crippen molar-refractivity contribution in [3.05, 3.63) is 107 Å². The Balaban J connectivity index is 1.88. The van der Waals surface area contributed by atoms with E-state index in [0.29, 0.717) is 12.8 Å². The van der Waals surface area contributed by atoms with E-state index in [1.165, 1.54) is 17.7 Å². The summed E-state index contributed by atoms with van der Waals surface area (Å²) >= 11 is 0. The minimum Gasteiger partial charge on any atom is -0.352 e. The zero-order chi connectivity index (χ0) is 27.7. The minimum absolute atomic E-state index is 0.00937. The first-order valence-corrected chi connectivity index (χ1v) is 13.5. The van der Waals surface area contributed by atoms with Crippen molar-refractivity contribution >= 4 is 11.8 Å². The van der Waals surface area contributed by atoms with Gasteiger partial charge in [-0.3, -0.25) is 9.59 Å². The van der Waals surface area contributed by atoms with Crippen molar-refractivity contribution in [3.63, 3.8) is 0 Å². The monoisotopic (exact) mass is 516 g/mol. The van der Waals surface area contributed by atoms with E-state index in [1.54, 1.807) is 17.0 Å². The summed E-state index contributed by atoms with van der Waals surface area (Å²) in [7, 11) is 0. The van der Waals surface area contributed by atoms with Crippen LogP contribution >= 0.6 is 0 Å². The average Bonchev–Trinajstić information content (AvgIpc) is 2.90. The molecular weight excluding hydrogens is 475 g/mol. The van der Waals surface area contributed by atoms with Crippen LogP contribution in [0.3, 0.4) is 0 Å². The highest BCUT2D eigenvalue weighted by Crippen LogP contribution is 2.23. The number of nitrogens with zero attached hydrogens (tertiary/aromatic N) is 1. The summed E-state index contributed by atoms with van der Waals surface area (Å²) in [5.41, 5.74) is 4.15. The first-order valence-electron chi connectivity index (χ1n) is 13.5. The van der Waals surface area contributed by atoms with E-state index in [2.05, 4.69) is 50.4 Å². The zero-order valence-electron chi connectivity index (χ0n) is 23.3. The second-order valence-electron chi connectivity index (χ2n) is 11.1. The fourth-order valence-electron chi connectivity index (χ4n) is 4.35. The second-order valence-corrected chi connectivity index (χ2v) is 11.1. The van der Waals surface area contributed by atoms with Gasteiger partial charge in [0.05, 0.1) is 0 Å². The van der Waals surface area contributed by atoms with Gasteiger partial charge in [0.15, 0.2) is 0 Å². The number of amides is 2. The summed E-state index contributed by atoms with van der Waals surface area (Å²) in [6.07, 6.45) is 2.04. The Kier molecular flexibility index (Phi) is 10.2. The van der Waals surface area contributed by atoms with Gasteiger partial charge in [-0.05, 0) is 59.6 Å². The maximum Gasteiger partial charge on any atom is 0.243 e. The Labute approximate surface area is 227 Å².